The molecule has 4 unspecified atom stereocenters. The molecule has 0 amide bonds. The molecule has 0 spiro atoms. The van der Waals surface area contributed by atoms with Crippen LogP contribution in [0.1, 0.15) is 34.5 Å². The first-order valence-electron chi connectivity index (χ1n) is 11.6. The summed E-state index contributed by atoms with van der Waals surface area (Å²) in [7, 11) is 0. The zero-order valence-electron chi connectivity index (χ0n) is 19.1. The largest absolute Gasteiger partial charge is 0.351 e. The molecule has 5 rings (SSSR count). The van der Waals surface area contributed by atoms with Crippen molar-refractivity contribution < 1.29 is 9.47 Å². The van der Waals surface area contributed by atoms with Gasteiger partial charge in [-0.15, -0.1) is 0 Å². The van der Waals surface area contributed by atoms with Crippen LogP contribution in [0.2, 0.25) is 0 Å². The van der Waals surface area contributed by atoms with E-state index >= 15 is 0 Å². The third-order valence-corrected chi connectivity index (χ3v) is 6.69. The van der Waals surface area contributed by atoms with Crippen molar-refractivity contribution in [1.29, 1.82) is 0 Å². The average molecular weight is 445 g/mol. The molecule has 4 aromatic rings. The van der Waals surface area contributed by atoms with Gasteiger partial charge in [0.1, 0.15) is 23.4 Å². The molecular weight excluding hydrogens is 416 g/mol. The molecule has 1 aliphatic heterocycles. The van der Waals surface area contributed by atoms with Crippen LogP contribution in [0.25, 0.3) is 0 Å². The Labute approximate surface area is 201 Å². The van der Waals surface area contributed by atoms with Gasteiger partial charge in [-0.2, -0.15) is 0 Å². The fourth-order valence-electron chi connectivity index (χ4n) is 5.04. The van der Waals surface area contributed by atoms with Crippen molar-refractivity contribution in [3.8, 4) is 0 Å². The number of hydrogen-bond donors (Lipinski definition) is 0. The van der Waals surface area contributed by atoms with E-state index in [1.54, 1.807) is 0 Å². The van der Waals surface area contributed by atoms with Gasteiger partial charge in [0.15, 0.2) is 0 Å². The molecule has 0 N–H and O–H groups in total. The summed E-state index contributed by atoms with van der Waals surface area (Å²) < 4.78 is 14.4. The fourth-order valence-corrected chi connectivity index (χ4v) is 5.04. The maximum atomic E-state index is 7.21. The van der Waals surface area contributed by atoms with Gasteiger partial charge in [0.2, 0.25) is 0 Å². The number of benzene rings is 4. The second-order valence-corrected chi connectivity index (χ2v) is 8.51. The molecule has 168 valence electrons. The first-order chi connectivity index (χ1) is 16.7. The van der Waals surface area contributed by atoms with E-state index in [9.17, 15) is 0 Å². The average Bonchev–Trinajstić information content (AvgIpc) is 2.94. The van der Waals surface area contributed by atoms with Crippen molar-refractivity contribution in [3.05, 3.63) is 169 Å². The van der Waals surface area contributed by atoms with Gasteiger partial charge in [-0.05, 0) is 22.3 Å². The summed E-state index contributed by atoms with van der Waals surface area (Å²) in [6, 6.07) is 40.9. The minimum absolute atomic E-state index is 0.362. The van der Waals surface area contributed by atoms with Crippen LogP contribution in [-0.2, 0) is 20.7 Å². The summed E-state index contributed by atoms with van der Waals surface area (Å²) in [5, 5.41) is 0. The lowest BCUT2D eigenvalue weighted by Crippen LogP contribution is -2.56. The Bertz CT molecular complexity index is 1140. The van der Waals surface area contributed by atoms with Crippen molar-refractivity contribution in [2.45, 2.75) is 23.4 Å². The highest BCUT2D eigenvalue weighted by atomic mass is 16.6. The molecule has 1 aliphatic rings. The molecule has 0 saturated carbocycles. The van der Waals surface area contributed by atoms with E-state index in [2.05, 4.69) is 61.7 Å². The molecule has 0 aliphatic carbocycles. The first kappa shape index (κ1) is 22.1. The van der Waals surface area contributed by atoms with E-state index in [0.717, 1.165) is 22.3 Å². The van der Waals surface area contributed by atoms with Crippen LogP contribution in [0.3, 0.4) is 0 Å². The lowest BCUT2D eigenvalue weighted by atomic mass is 9.71. The zero-order chi connectivity index (χ0) is 23.4. The van der Waals surface area contributed by atoms with Crippen molar-refractivity contribution >= 4 is 0 Å². The molecule has 1 fully saturated rings. The molecule has 1 heterocycles. The Morgan fingerprint density at radius 1 is 0.471 bits per heavy atom. The predicted octanol–water partition coefficient (Wildman–Crippen LogP) is 7.68. The second kappa shape index (κ2) is 9.26. The van der Waals surface area contributed by atoms with Gasteiger partial charge in [0.25, 0.3) is 0 Å². The number of ether oxygens (including phenoxy) is 2. The third-order valence-electron chi connectivity index (χ3n) is 6.69. The molecule has 2 nitrogen and oxygen atoms in total. The molecule has 0 bridgehead atoms. The highest BCUT2D eigenvalue weighted by Gasteiger charge is 2.59. The molecule has 1 saturated heterocycles. The Balaban J connectivity index is 1.79. The molecule has 2 heteroatoms. The monoisotopic (exact) mass is 444 g/mol. The van der Waals surface area contributed by atoms with Crippen LogP contribution in [0, 0.1) is 0 Å². The summed E-state index contributed by atoms with van der Waals surface area (Å²) >= 11 is 0. The maximum Gasteiger partial charge on any atom is 0.149 e. The smallest absolute Gasteiger partial charge is 0.149 e. The highest BCUT2D eigenvalue weighted by molar-refractivity contribution is 5.44. The van der Waals surface area contributed by atoms with Gasteiger partial charge in [-0.3, -0.25) is 0 Å². The SMILES string of the molecule is C=CC1(c2ccccc2)OC(c2ccccc2)C(c2ccccc2)OC1(C=C)c1ccccc1. The van der Waals surface area contributed by atoms with Crippen molar-refractivity contribution in [2.75, 3.05) is 0 Å². The normalized spacial score (nSPS) is 26.5. The number of rotatable bonds is 6. The maximum absolute atomic E-state index is 7.21. The topological polar surface area (TPSA) is 18.5 Å². The van der Waals surface area contributed by atoms with Gasteiger partial charge in [-0.25, -0.2) is 0 Å². The molecule has 0 radical (unpaired) electrons. The van der Waals surface area contributed by atoms with Crippen LogP contribution < -0.4 is 0 Å². The van der Waals surface area contributed by atoms with Crippen LogP contribution >= 0.6 is 0 Å². The third kappa shape index (κ3) is 3.52. The highest BCUT2D eigenvalue weighted by Crippen LogP contribution is 2.59. The zero-order valence-corrected chi connectivity index (χ0v) is 19.1. The lowest BCUT2D eigenvalue weighted by Gasteiger charge is -2.55. The molecular formula is C32H28O2. The lowest BCUT2D eigenvalue weighted by molar-refractivity contribution is -0.302. The minimum Gasteiger partial charge on any atom is -0.351 e. The van der Waals surface area contributed by atoms with E-state index in [0.29, 0.717) is 0 Å². The molecule has 4 aromatic carbocycles. The Morgan fingerprint density at radius 2 is 0.765 bits per heavy atom. The van der Waals surface area contributed by atoms with Gasteiger partial charge in [-0.1, -0.05) is 147 Å². The minimum atomic E-state index is -1.01. The van der Waals surface area contributed by atoms with Gasteiger partial charge >= 0.3 is 0 Å². The van der Waals surface area contributed by atoms with Gasteiger partial charge in [0, 0.05) is 0 Å². The van der Waals surface area contributed by atoms with Gasteiger partial charge in [0.05, 0.1) is 0 Å². The van der Waals surface area contributed by atoms with Crippen LogP contribution in [-0.4, -0.2) is 0 Å². The molecule has 4 atom stereocenters. The summed E-state index contributed by atoms with van der Waals surface area (Å²) in [5.74, 6) is 0. The Hall–Kier alpha value is -3.72. The summed E-state index contributed by atoms with van der Waals surface area (Å²) in [6.07, 6.45) is 3.01. The van der Waals surface area contributed by atoms with Crippen molar-refractivity contribution in [1.82, 2.24) is 0 Å². The molecule has 0 aromatic heterocycles. The van der Waals surface area contributed by atoms with Crippen molar-refractivity contribution in [2.24, 2.45) is 0 Å². The van der Waals surface area contributed by atoms with Crippen LogP contribution in [0.4, 0.5) is 0 Å². The fraction of sp³-hybridized carbons (Fsp3) is 0.125. The van der Waals surface area contributed by atoms with E-state index in [1.165, 1.54) is 0 Å². The summed E-state index contributed by atoms with van der Waals surface area (Å²) in [4.78, 5) is 0. The molecule has 34 heavy (non-hydrogen) atoms. The number of hydrogen-bond acceptors (Lipinski definition) is 2. The summed E-state index contributed by atoms with van der Waals surface area (Å²) in [5.41, 5.74) is 1.99. The Morgan fingerprint density at radius 3 is 1.06 bits per heavy atom. The van der Waals surface area contributed by atoms with E-state index < -0.39 is 11.2 Å². The van der Waals surface area contributed by atoms with E-state index in [-0.39, 0.29) is 12.2 Å². The summed E-state index contributed by atoms with van der Waals surface area (Å²) in [6.45, 7) is 8.55. The Kier molecular flexibility index (Phi) is 6.02. The van der Waals surface area contributed by atoms with E-state index in [1.807, 2.05) is 84.9 Å². The van der Waals surface area contributed by atoms with Gasteiger partial charge < -0.3 is 9.47 Å². The first-order valence-corrected chi connectivity index (χ1v) is 11.6. The second-order valence-electron chi connectivity index (χ2n) is 8.51. The predicted molar refractivity (Wildman–Crippen MR) is 137 cm³/mol. The van der Waals surface area contributed by atoms with Crippen molar-refractivity contribution in [3.63, 3.8) is 0 Å². The van der Waals surface area contributed by atoms with Crippen LogP contribution in [0.5, 0.6) is 0 Å². The standard InChI is InChI=1S/C32H28O2/c1-3-31(27-21-13-7-14-22-27)32(4-2,28-23-15-8-16-24-28)34-30(26-19-11-6-12-20-26)29(33-31)25-17-9-5-10-18-25/h3-24,29-30H,1-2H2. The quantitative estimate of drug-likeness (QED) is 0.284. The van der Waals surface area contributed by atoms with Crippen LogP contribution in [0.15, 0.2) is 147 Å². The van der Waals surface area contributed by atoms with E-state index in [4.69, 9.17) is 9.47 Å².